The molecule has 0 aliphatic carbocycles. The zero-order valence-electron chi connectivity index (χ0n) is 10.4. The van der Waals surface area contributed by atoms with Crippen molar-refractivity contribution in [1.82, 2.24) is 4.98 Å². The normalized spacial score (nSPS) is 10.2. The number of anilines is 1. The number of hydrogen-bond acceptors (Lipinski definition) is 3. The van der Waals surface area contributed by atoms with Gasteiger partial charge in [0.2, 0.25) is 0 Å². The Bertz CT molecular complexity index is 543. The molecule has 1 N–H and O–H groups in total. The first-order valence-electron chi connectivity index (χ1n) is 5.83. The molecular weight excluding hydrogens is 248 g/mol. The highest BCUT2D eigenvalue weighted by atomic mass is 35.5. The molecule has 0 atom stereocenters. The Labute approximate surface area is 112 Å². The van der Waals surface area contributed by atoms with Crippen molar-refractivity contribution in [3.63, 3.8) is 0 Å². The van der Waals surface area contributed by atoms with Crippen LogP contribution in [-0.4, -0.2) is 11.5 Å². The summed E-state index contributed by atoms with van der Waals surface area (Å²) in [6.07, 6.45) is 1.70. The van der Waals surface area contributed by atoms with Crippen molar-refractivity contribution in [1.29, 1.82) is 0 Å². The molecule has 0 amide bonds. The summed E-state index contributed by atoms with van der Waals surface area (Å²) in [5.41, 5.74) is 1.11. The van der Waals surface area contributed by atoms with Crippen molar-refractivity contribution < 1.29 is 4.74 Å². The van der Waals surface area contributed by atoms with Gasteiger partial charge in [-0.2, -0.15) is 0 Å². The fraction of sp³-hybridized carbons (Fsp3) is 0.214. The summed E-state index contributed by atoms with van der Waals surface area (Å²) >= 11 is 6.12. The third-order valence-corrected chi connectivity index (χ3v) is 2.70. The molecule has 2 aromatic rings. The van der Waals surface area contributed by atoms with Crippen LogP contribution in [0.2, 0.25) is 5.02 Å². The van der Waals surface area contributed by atoms with Gasteiger partial charge in [0.1, 0.15) is 17.3 Å². The van der Waals surface area contributed by atoms with Crippen LogP contribution in [0.1, 0.15) is 12.5 Å². The molecule has 0 radical (unpaired) electrons. The number of nitrogens with one attached hydrogen (secondary N) is 1. The fourth-order valence-electron chi connectivity index (χ4n) is 1.57. The molecule has 0 fully saturated rings. The Hall–Kier alpha value is -1.74. The topological polar surface area (TPSA) is 34.1 Å². The molecule has 94 valence electrons. The number of hydrogen-bond donors (Lipinski definition) is 1. The number of halogens is 1. The maximum absolute atomic E-state index is 6.12. The minimum absolute atomic E-state index is 0.608. The third kappa shape index (κ3) is 3.14. The minimum Gasteiger partial charge on any atom is -0.456 e. The van der Waals surface area contributed by atoms with Gasteiger partial charge in [-0.1, -0.05) is 17.7 Å². The standard InChI is InChI=1S/C14H15ClN2O/c1-3-16-14-9-11(6-7-17-14)18-13-5-4-10(2)8-12(13)15/h4-9H,3H2,1-2H3,(H,16,17). The van der Waals surface area contributed by atoms with E-state index >= 15 is 0 Å². The van der Waals surface area contributed by atoms with Crippen molar-refractivity contribution in [2.75, 3.05) is 11.9 Å². The number of ether oxygens (including phenoxy) is 1. The monoisotopic (exact) mass is 262 g/mol. The van der Waals surface area contributed by atoms with Gasteiger partial charge in [0.15, 0.2) is 0 Å². The van der Waals surface area contributed by atoms with Crippen molar-refractivity contribution in [2.24, 2.45) is 0 Å². The molecule has 3 nitrogen and oxygen atoms in total. The Morgan fingerprint density at radius 2 is 2.11 bits per heavy atom. The molecule has 1 heterocycles. The third-order valence-electron chi connectivity index (χ3n) is 2.40. The van der Waals surface area contributed by atoms with Gasteiger partial charge in [-0.05, 0) is 37.6 Å². The molecule has 0 aliphatic rings. The van der Waals surface area contributed by atoms with E-state index in [1.807, 2.05) is 38.1 Å². The highest BCUT2D eigenvalue weighted by molar-refractivity contribution is 6.32. The number of pyridine rings is 1. The van der Waals surface area contributed by atoms with Crippen molar-refractivity contribution in [3.8, 4) is 11.5 Å². The quantitative estimate of drug-likeness (QED) is 0.894. The molecule has 0 unspecified atom stereocenters. The summed E-state index contributed by atoms with van der Waals surface area (Å²) in [7, 11) is 0. The molecule has 4 heteroatoms. The summed E-state index contributed by atoms with van der Waals surface area (Å²) in [5, 5.41) is 3.74. The second-order valence-corrected chi connectivity index (χ2v) is 4.35. The molecular formula is C14H15ClN2O. The maximum atomic E-state index is 6.12. The predicted octanol–water partition coefficient (Wildman–Crippen LogP) is 4.27. The average Bonchev–Trinajstić information content (AvgIpc) is 2.34. The maximum Gasteiger partial charge on any atom is 0.146 e. The second kappa shape index (κ2) is 5.74. The van der Waals surface area contributed by atoms with E-state index in [1.54, 1.807) is 12.3 Å². The molecule has 0 saturated heterocycles. The fourth-order valence-corrected chi connectivity index (χ4v) is 1.84. The number of nitrogens with zero attached hydrogens (tertiary/aromatic N) is 1. The summed E-state index contributed by atoms with van der Waals surface area (Å²) in [6.45, 7) is 4.83. The van der Waals surface area contributed by atoms with Crippen LogP contribution in [0.25, 0.3) is 0 Å². The van der Waals surface area contributed by atoms with E-state index in [1.165, 1.54) is 0 Å². The first-order chi connectivity index (χ1) is 8.69. The summed E-state index contributed by atoms with van der Waals surface area (Å²) < 4.78 is 5.74. The molecule has 0 spiro atoms. The minimum atomic E-state index is 0.608. The predicted molar refractivity (Wildman–Crippen MR) is 74.7 cm³/mol. The summed E-state index contributed by atoms with van der Waals surface area (Å²) in [4.78, 5) is 4.18. The van der Waals surface area contributed by atoms with E-state index in [9.17, 15) is 0 Å². The zero-order chi connectivity index (χ0) is 13.0. The zero-order valence-corrected chi connectivity index (χ0v) is 11.2. The van der Waals surface area contributed by atoms with Crippen molar-refractivity contribution >= 4 is 17.4 Å². The van der Waals surface area contributed by atoms with Gasteiger partial charge in [-0.15, -0.1) is 0 Å². The molecule has 0 bridgehead atoms. The molecule has 0 saturated carbocycles. The highest BCUT2D eigenvalue weighted by Gasteiger charge is 2.04. The Balaban J connectivity index is 2.20. The van der Waals surface area contributed by atoms with E-state index < -0.39 is 0 Å². The second-order valence-electron chi connectivity index (χ2n) is 3.94. The molecule has 18 heavy (non-hydrogen) atoms. The van der Waals surface area contributed by atoms with E-state index in [0.29, 0.717) is 16.5 Å². The van der Waals surface area contributed by atoms with Crippen LogP contribution in [0.3, 0.4) is 0 Å². The van der Waals surface area contributed by atoms with E-state index in [-0.39, 0.29) is 0 Å². The number of rotatable bonds is 4. The van der Waals surface area contributed by atoms with Gasteiger partial charge >= 0.3 is 0 Å². The van der Waals surface area contributed by atoms with Crippen molar-refractivity contribution in [3.05, 3.63) is 47.1 Å². The first-order valence-corrected chi connectivity index (χ1v) is 6.21. The summed E-state index contributed by atoms with van der Waals surface area (Å²) in [6, 6.07) is 9.36. The summed E-state index contributed by atoms with van der Waals surface area (Å²) in [5.74, 6) is 2.15. The Kier molecular flexibility index (Phi) is 4.05. The lowest BCUT2D eigenvalue weighted by Gasteiger charge is -2.09. The highest BCUT2D eigenvalue weighted by Crippen LogP contribution is 2.30. The average molecular weight is 263 g/mol. The van der Waals surface area contributed by atoms with E-state index in [2.05, 4.69) is 10.3 Å². The van der Waals surface area contributed by atoms with Crippen LogP contribution < -0.4 is 10.1 Å². The van der Waals surface area contributed by atoms with Gasteiger partial charge in [0.05, 0.1) is 5.02 Å². The van der Waals surface area contributed by atoms with Crippen LogP contribution in [0.4, 0.5) is 5.82 Å². The van der Waals surface area contributed by atoms with Gasteiger partial charge in [0, 0.05) is 18.8 Å². The van der Waals surface area contributed by atoms with Gasteiger partial charge in [-0.25, -0.2) is 4.98 Å². The van der Waals surface area contributed by atoms with Gasteiger partial charge < -0.3 is 10.1 Å². The number of aryl methyl sites for hydroxylation is 1. The van der Waals surface area contributed by atoms with Crippen LogP contribution in [0.5, 0.6) is 11.5 Å². The van der Waals surface area contributed by atoms with Crippen LogP contribution in [-0.2, 0) is 0 Å². The lowest BCUT2D eigenvalue weighted by Crippen LogP contribution is -1.98. The van der Waals surface area contributed by atoms with Gasteiger partial charge in [-0.3, -0.25) is 0 Å². The number of aromatic nitrogens is 1. The van der Waals surface area contributed by atoms with Crippen LogP contribution in [0.15, 0.2) is 36.5 Å². The van der Waals surface area contributed by atoms with Crippen molar-refractivity contribution in [2.45, 2.75) is 13.8 Å². The molecule has 1 aromatic heterocycles. The van der Waals surface area contributed by atoms with Gasteiger partial charge in [0.25, 0.3) is 0 Å². The SMILES string of the molecule is CCNc1cc(Oc2ccc(C)cc2Cl)ccn1. The smallest absolute Gasteiger partial charge is 0.146 e. The number of benzene rings is 1. The molecule has 2 rings (SSSR count). The van der Waals surface area contributed by atoms with E-state index in [0.717, 1.165) is 17.9 Å². The first kappa shape index (κ1) is 12.7. The molecule has 0 aliphatic heterocycles. The Morgan fingerprint density at radius 3 is 2.83 bits per heavy atom. The lowest BCUT2D eigenvalue weighted by atomic mass is 10.2. The van der Waals surface area contributed by atoms with Crippen LogP contribution >= 0.6 is 11.6 Å². The lowest BCUT2D eigenvalue weighted by molar-refractivity contribution is 0.482. The largest absolute Gasteiger partial charge is 0.456 e. The molecule has 1 aromatic carbocycles. The van der Waals surface area contributed by atoms with E-state index in [4.69, 9.17) is 16.3 Å². The van der Waals surface area contributed by atoms with Crippen LogP contribution in [0, 0.1) is 6.92 Å². The Morgan fingerprint density at radius 1 is 1.28 bits per heavy atom.